The Labute approximate surface area is 157 Å². The van der Waals surface area contributed by atoms with E-state index in [0.717, 1.165) is 15.8 Å². The first kappa shape index (κ1) is 17.0. The summed E-state index contributed by atoms with van der Waals surface area (Å²) >= 11 is 10.1. The Morgan fingerprint density at radius 3 is 3.00 bits per heavy atom. The van der Waals surface area contributed by atoms with E-state index in [4.69, 9.17) is 12.2 Å². The highest BCUT2D eigenvalue weighted by molar-refractivity contribution is 9.10. The molecule has 0 saturated heterocycles. The molecule has 0 spiro atoms. The van der Waals surface area contributed by atoms with Gasteiger partial charge in [0.05, 0.1) is 5.56 Å². The fourth-order valence-corrected chi connectivity index (χ4v) is 3.55. The highest BCUT2D eigenvalue weighted by Crippen LogP contribution is 2.24. The van der Waals surface area contributed by atoms with Crippen molar-refractivity contribution in [1.29, 1.82) is 0 Å². The Bertz CT molecular complexity index is 949. The lowest BCUT2D eigenvalue weighted by Crippen LogP contribution is -2.12. The van der Waals surface area contributed by atoms with Gasteiger partial charge in [-0.25, -0.2) is 4.98 Å². The highest BCUT2D eigenvalue weighted by atomic mass is 79.9. The summed E-state index contributed by atoms with van der Waals surface area (Å²) in [6.45, 7) is 2.06. The zero-order valence-corrected chi connectivity index (χ0v) is 16.0. The average Bonchev–Trinajstić information content (AvgIpc) is 2.98. The minimum Gasteiger partial charge on any atom is -0.352 e. The molecule has 0 radical (unpaired) electrons. The third kappa shape index (κ3) is 3.98. The number of anilines is 1. The van der Waals surface area contributed by atoms with E-state index < -0.39 is 0 Å². The summed E-state index contributed by atoms with van der Waals surface area (Å²) in [4.78, 5) is 20.5. The first-order valence-electron chi connectivity index (χ1n) is 7.22. The third-order valence-corrected chi connectivity index (χ3v) is 5.58. The molecular formula is C17H14BrN3OS2. The van der Waals surface area contributed by atoms with Crippen LogP contribution in [0.25, 0.3) is 0 Å². The van der Waals surface area contributed by atoms with Crippen molar-refractivity contribution in [2.45, 2.75) is 13.3 Å². The van der Waals surface area contributed by atoms with Crippen LogP contribution in [-0.2, 0) is 6.42 Å². The van der Waals surface area contributed by atoms with Gasteiger partial charge in [-0.15, -0.1) is 11.3 Å². The van der Waals surface area contributed by atoms with E-state index >= 15 is 0 Å². The maximum Gasteiger partial charge on any atom is 0.260 e. The summed E-state index contributed by atoms with van der Waals surface area (Å²) in [6, 6.07) is 9.70. The number of carbonyl (C=O) groups is 1. The van der Waals surface area contributed by atoms with Crippen LogP contribution in [0.3, 0.4) is 0 Å². The molecule has 0 atom stereocenters. The summed E-state index contributed by atoms with van der Waals surface area (Å²) in [5, 5.41) is 3.37. The number of nitrogens with one attached hydrogen (secondary N) is 2. The molecule has 0 aliphatic carbocycles. The van der Waals surface area contributed by atoms with Crippen LogP contribution in [0.5, 0.6) is 0 Å². The van der Waals surface area contributed by atoms with Gasteiger partial charge in [-0.1, -0.05) is 40.3 Å². The van der Waals surface area contributed by atoms with Crippen LogP contribution in [0, 0.1) is 11.6 Å². The number of halogens is 1. The van der Waals surface area contributed by atoms with Crippen LogP contribution in [0.2, 0.25) is 0 Å². The van der Waals surface area contributed by atoms with E-state index in [1.807, 2.05) is 6.07 Å². The number of benzene rings is 1. The minimum atomic E-state index is -0.253. The third-order valence-electron chi connectivity index (χ3n) is 3.44. The molecule has 0 aliphatic heterocycles. The fourth-order valence-electron chi connectivity index (χ4n) is 2.23. The molecule has 122 valence electrons. The van der Waals surface area contributed by atoms with Gasteiger partial charge < -0.3 is 4.98 Å². The summed E-state index contributed by atoms with van der Waals surface area (Å²) in [6.07, 6.45) is 4.28. The van der Waals surface area contributed by atoms with Gasteiger partial charge in [-0.05, 0) is 36.2 Å². The Morgan fingerprint density at radius 2 is 2.25 bits per heavy atom. The molecule has 3 aromatic rings. The van der Waals surface area contributed by atoms with Gasteiger partial charge in [0, 0.05) is 28.2 Å². The van der Waals surface area contributed by atoms with Gasteiger partial charge in [0.15, 0.2) is 5.13 Å². The second-order valence-corrected chi connectivity index (χ2v) is 7.64. The van der Waals surface area contributed by atoms with Crippen molar-refractivity contribution in [1.82, 2.24) is 9.97 Å². The Kier molecular flexibility index (Phi) is 5.23. The topological polar surface area (TPSA) is 57.8 Å². The number of aryl methyl sites for hydroxylation is 1. The Hall–Kier alpha value is -1.83. The molecule has 0 saturated carbocycles. The number of pyridine rings is 1. The first-order chi connectivity index (χ1) is 11.5. The minimum absolute atomic E-state index is 0.253. The maximum atomic E-state index is 12.2. The SMILES string of the molecule is Cc1cc(Cc2cnc(NC(=O)c3ccc[nH]c3=S)s2)ccc1Br. The van der Waals surface area contributed by atoms with Crippen molar-refractivity contribution < 1.29 is 4.79 Å². The predicted molar refractivity (Wildman–Crippen MR) is 103 cm³/mol. The lowest BCUT2D eigenvalue weighted by Gasteiger charge is -2.03. The van der Waals surface area contributed by atoms with Crippen molar-refractivity contribution >= 4 is 50.5 Å². The van der Waals surface area contributed by atoms with Crippen molar-refractivity contribution in [3.63, 3.8) is 0 Å². The molecule has 1 amide bonds. The lowest BCUT2D eigenvalue weighted by molar-refractivity contribution is 0.102. The van der Waals surface area contributed by atoms with E-state index in [1.54, 1.807) is 24.5 Å². The monoisotopic (exact) mass is 419 g/mol. The van der Waals surface area contributed by atoms with E-state index in [9.17, 15) is 4.79 Å². The van der Waals surface area contributed by atoms with E-state index in [0.29, 0.717) is 15.3 Å². The molecular weight excluding hydrogens is 406 g/mol. The van der Waals surface area contributed by atoms with Gasteiger partial charge in [0.2, 0.25) is 0 Å². The number of thiazole rings is 1. The number of H-pyrrole nitrogens is 1. The van der Waals surface area contributed by atoms with Crippen molar-refractivity contribution in [2.24, 2.45) is 0 Å². The number of amides is 1. The number of rotatable bonds is 4. The Morgan fingerprint density at radius 1 is 1.42 bits per heavy atom. The number of hydrogen-bond acceptors (Lipinski definition) is 4. The molecule has 2 N–H and O–H groups in total. The number of aromatic nitrogens is 2. The zero-order valence-electron chi connectivity index (χ0n) is 12.8. The molecule has 0 aliphatic rings. The number of aromatic amines is 1. The summed E-state index contributed by atoms with van der Waals surface area (Å²) in [5.74, 6) is -0.253. The molecule has 7 heteroatoms. The van der Waals surface area contributed by atoms with E-state index in [-0.39, 0.29) is 5.91 Å². The van der Waals surface area contributed by atoms with Crippen LogP contribution in [0.4, 0.5) is 5.13 Å². The molecule has 2 aromatic heterocycles. The summed E-state index contributed by atoms with van der Waals surface area (Å²) < 4.78 is 1.51. The highest BCUT2D eigenvalue weighted by Gasteiger charge is 2.11. The first-order valence-corrected chi connectivity index (χ1v) is 9.23. The second kappa shape index (κ2) is 7.38. The number of carbonyl (C=O) groups excluding carboxylic acids is 1. The normalized spacial score (nSPS) is 10.6. The van der Waals surface area contributed by atoms with Gasteiger partial charge in [-0.2, -0.15) is 0 Å². The van der Waals surface area contributed by atoms with E-state index in [2.05, 4.69) is 50.3 Å². The summed E-state index contributed by atoms with van der Waals surface area (Å²) in [5.41, 5.74) is 2.85. The van der Waals surface area contributed by atoms with E-state index in [1.165, 1.54) is 22.5 Å². The largest absolute Gasteiger partial charge is 0.352 e. The lowest BCUT2D eigenvalue weighted by atomic mass is 10.1. The van der Waals surface area contributed by atoms with Crippen molar-refractivity contribution in [3.8, 4) is 0 Å². The quantitative estimate of drug-likeness (QED) is 0.577. The van der Waals surface area contributed by atoms with Crippen LogP contribution in [0.1, 0.15) is 26.4 Å². The molecule has 0 bridgehead atoms. The van der Waals surface area contributed by atoms with Gasteiger partial charge in [0.1, 0.15) is 4.64 Å². The number of nitrogens with zero attached hydrogens (tertiary/aromatic N) is 1. The van der Waals surface area contributed by atoms with Crippen molar-refractivity contribution in [3.05, 3.63) is 73.4 Å². The molecule has 24 heavy (non-hydrogen) atoms. The molecule has 4 nitrogen and oxygen atoms in total. The molecule has 3 rings (SSSR count). The molecule has 0 unspecified atom stereocenters. The fraction of sp³-hybridized carbons (Fsp3) is 0.118. The van der Waals surface area contributed by atoms with Gasteiger partial charge in [0.25, 0.3) is 5.91 Å². The number of hydrogen-bond donors (Lipinski definition) is 2. The Balaban J connectivity index is 1.71. The average molecular weight is 420 g/mol. The van der Waals surface area contributed by atoms with Crippen LogP contribution < -0.4 is 5.32 Å². The van der Waals surface area contributed by atoms with Gasteiger partial charge in [-0.3, -0.25) is 10.1 Å². The van der Waals surface area contributed by atoms with Gasteiger partial charge >= 0.3 is 0 Å². The summed E-state index contributed by atoms with van der Waals surface area (Å²) in [7, 11) is 0. The standard InChI is InChI=1S/C17H14BrN3OS2/c1-10-7-11(4-5-14(10)18)8-12-9-20-17(24-12)21-15(22)13-3-2-6-19-16(13)23/h2-7,9H,8H2,1H3,(H,19,23)(H,20,21,22). The molecule has 1 aromatic carbocycles. The van der Waals surface area contributed by atoms with Crippen LogP contribution in [0.15, 0.2) is 47.2 Å². The zero-order chi connectivity index (χ0) is 17.1. The second-order valence-electron chi connectivity index (χ2n) is 5.26. The molecule has 0 fully saturated rings. The van der Waals surface area contributed by atoms with Crippen molar-refractivity contribution in [2.75, 3.05) is 5.32 Å². The van der Waals surface area contributed by atoms with Crippen LogP contribution >= 0.6 is 39.5 Å². The molecule has 2 heterocycles. The van der Waals surface area contributed by atoms with Crippen LogP contribution in [-0.4, -0.2) is 15.9 Å². The maximum absolute atomic E-state index is 12.2. The smallest absolute Gasteiger partial charge is 0.260 e. The predicted octanol–water partition coefficient (Wildman–Crippen LogP) is 5.11.